The Bertz CT molecular complexity index is 1100. The second-order valence-electron chi connectivity index (χ2n) is 9.64. The molecule has 0 amide bonds. The van der Waals surface area contributed by atoms with E-state index in [1.165, 1.54) is 30.6 Å². The fourth-order valence-corrected chi connectivity index (χ4v) is 6.31. The normalized spacial score (nSPS) is 27.3. The Morgan fingerprint density at radius 1 is 1.03 bits per heavy atom. The zero-order valence-electron chi connectivity index (χ0n) is 18.1. The molecule has 0 saturated heterocycles. The number of hydrogen-bond donors (Lipinski definition) is 1. The summed E-state index contributed by atoms with van der Waals surface area (Å²) >= 11 is 1.39. The lowest BCUT2D eigenvalue weighted by atomic mass is 9.70. The third-order valence-electron chi connectivity index (χ3n) is 6.81. The summed E-state index contributed by atoms with van der Waals surface area (Å²) in [5.41, 5.74) is 3.22. The number of fused-ring (bicyclic) bond motifs is 2. The van der Waals surface area contributed by atoms with Crippen LogP contribution in [0.15, 0.2) is 36.5 Å². The molecule has 2 aromatic heterocycles. The Balaban J connectivity index is 1.34. The van der Waals surface area contributed by atoms with Gasteiger partial charge in [-0.15, -0.1) is 5.10 Å². The molecule has 7 heteroatoms. The van der Waals surface area contributed by atoms with E-state index in [1.807, 2.05) is 24.3 Å². The Morgan fingerprint density at radius 2 is 1.77 bits per heavy atom. The van der Waals surface area contributed by atoms with E-state index in [0.29, 0.717) is 32.5 Å². The summed E-state index contributed by atoms with van der Waals surface area (Å²) in [5.74, 6) is 0.692. The number of hydrogen-bond acceptors (Lipinski definition) is 7. The quantitative estimate of drug-likeness (QED) is 0.550. The molecule has 2 aliphatic rings. The van der Waals surface area contributed by atoms with Gasteiger partial charge in [0.05, 0.1) is 12.7 Å². The second-order valence-corrected chi connectivity index (χ2v) is 10.6. The summed E-state index contributed by atoms with van der Waals surface area (Å²) in [6.45, 7) is 4.77. The van der Waals surface area contributed by atoms with Crippen LogP contribution in [0.1, 0.15) is 46.0 Å². The van der Waals surface area contributed by atoms with Crippen LogP contribution in [0.25, 0.3) is 21.7 Å². The number of aromatic hydroxyl groups is 1. The van der Waals surface area contributed by atoms with Crippen LogP contribution in [-0.2, 0) is 0 Å². The van der Waals surface area contributed by atoms with Gasteiger partial charge in [-0.1, -0.05) is 36.3 Å². The van der Waals surface area contributed by atoms with Gasteiger partial charge < -0.3 is 14.6 Å². The first-order chi connectivity index (χ1) is 14.8. The molecule has 0 spiro atoms. The van der Waals surface area contributed by atoms with Crippen LogP contribution in [0.3, 0.4) is 0 Å². The third kappa shape index (κ3) is 3.99. The van der Waals surface area contributed by atoms with Crippen molar-refractivity contribution in [2.45, 2.75) is 52.1 Å². The highest BCUT2D eigenvalue weighted by atomic mass is 32.1. The summed E-state index contributed by atoms with van der Waals surface area (Å²) in [5, 5.41) is 20.4. The van der Waals surface area contributed by atoms with Crippen LogP contribution < -0.4 is 9.47 Å². The van der Waals surface area contributed by atoms with E-state index in [9.17, 15) is 5.11 Å². The van der Waals surface area contributed by atoms with Gasteiger partial charge in [-0.3, -0.25) is 0 Å². The summed E-state index contributed by atoms with van der Waals surface area (Å²) in [4.78, 5) is 4.13. The van der Waals surface area contributed by atoms with Gasteiger partial charge in [-0.05, 0) is 72.3 Å². The average molecular weight is 438 g/mol. The number of pyridine rings is 1. The van der Waals surface area contributed by atoms with Crippen molar-refractivity contribution < 1.29 is 14.6 Å². The van der Waals surface area contributed by atoms with Crippen LogP contribution in [0, 0.1) is 10.8 Å². The Hall–Kier alpha value is -2.67. The number of nitrogens with zero attached hydrogens (tertiary/aromatic N) is 3. The fourth-order valence-electron chi connectivity index (χ4n) is 5.52. The molecule has 2 saturated carbocycles. The standard InChI is InChI=1S/C24H27N3O3S/c1-23-7-8-24(2,14-23)13-17(12-23)30-22-27-26-21(31-22)18-5-4-15(10-19(18)28)16-6-9-25-20(11-16)29-3/h4-6,9-11,17,28H,7-8,12-14H2,1-3H3/t17-,23-,24+. The first-order valence-corrected chi connectivity index (χ1v) is 11.5. The first kappa shape index (κ1) is 20.2. The van der Waals surface area contributed by atoms with Crippen molar-refractivity contribution in [1.82, 2.24) is 15.2 Å². The lowest BCUT2D eigenvalue weighted by Gasteiger charge is -2.39. The number of methoxy groups -OCH3 is 1. The highest BCUT2D eigenvalue weighted by Crippen LogP contribution is 2.58. The molecule has 3 atom stereocenters. The predicted molar refractivity (Wildman–Crippen MR) is 121 cm³/mol. The van der Waals surface area contributed by atoms with Crippen LogP contribution in [-0.4, -0.2) is 33.5 Å². The minimum Gasteiger partial charge on any atom is -0.507 e. The molecule has 2 bridgehead atoms. The van der Waals surface area contributed by atoms with Gasteiger partial charge in [0.2, 0.25) is 5.88 Å². The molecule has 2 aliphatic carbocycles. The monoisotopic (exact) mass is 437 g/mol. The molecule has 162 valence electrons. The van der Waals surface area contributed by atoms with E-state index in [-0.39, 0.29) is 11.9 Å². The first-order valence-electron chi connectivity index (χ1n) is 10.7. The van der Waals surface area contributed by atoms with E-state index >= 15 is 0 Å². The summed E-state index contributed by atoms with van der Waals surface area (Å²) < 4.78 is 11.5. The van der Waals surface area contributed by atoms with Crippen molar-refractivity contribution in [3.63, 3.8) is 0 Å². The molecule has 2 heterocycles. The number of phenols is 1. The zero-order chi connectivity index (χ0) is 21.6. The molecule has 0 aliphatic heterocycles. The molecule has 0 radical (unpaired) electrons. The van der Waals surface area contributed by atoms with Gasteiger partial charge in [-0.2, -0.15) is 0 Å². The minimum absolute atomic E-state index is 0.159. The molecular weight excluding hydrogens is 410 g/mol. The Labute approximate surface area is 186 Å². The van der Waals surface area contributed by atoms with Gasteiger partial charge in [0.1, 0.15) is 11.9 Å². The molecule has 0 unspecified atom stereocenters. The number of phenolic OH excluding ortho intramolecular Hbond substituents is 1. The largest absolute Gasteiger partial charge is 0.507 e. The van der Waals surface area contributed by atoms with Crippen molar-refractivity contribution >= 4 is 11.3 Å². The minimum atomic E-state index is 0.159. The summed E-state index contributed by atoms with van der Waals surface area (Å²) in [6.07, 6.45) is 7.89. The molecule has 6 nitrogen and oxygen atoms in total. The van der Waals surface area contributed by atoms with Crippen LogP contribution in [0.4, 0.5) is 0 Å². The smallest absolute Gasteiger partial charge is 0.294 e. The van der Waals surface area contributed by atoms with Crippen LogP contribution >= 0.6 is 11.3 Å². The topological polar surface area (TPSA) is 77.4 Å². The average Bonchev–Trinajstić information content (AvgIpc) is 3.28. The molecule has 3 aromatic rings. The maximum atomic E-state index is 10.7. The summed E-state index contributed by atoms with van der Waals surface area (Å²) in [7, 11) is 1.58. The van der Waals surface area contributed by atoms with E-state index in [4.69, 9.17) is 9.47 Å². The zero-order valence-corrected chi connectivity index (χ0v) is 18.9. The number of aromatic nitrogens is 3. The van der Waals surface area contributed by atoms with E-state index in [2.05, 4.69) is 29.0 Å². The Morgan fingerprint density at radius 3 is 2.48 bits per heavy atom. The van der Waals surface area contributed by atoms with Crippen molar-refractivity contribution in [3.05, 3.63) is 36.5 Å². The van der Waals surface area contributed by atoms with Crippen molar-refractivity contribution in [3.8, 4) is 38.5 Å². The van der Waals surface area contributed by atoms with E-state index in [1.54, 1.807) is 19.4 Å². The molecular formula is C24H27N3O3S. The van der Waals surface area contributed by atoms with Crippen LogP contribution in [0.2, 0.25) is 0 Å². The van der Waals surface area contributed by atoms with Gasteiger partial charge in [0.25, 0.3) is 5.19 Å². The van der Waals surface area contributed by atoms with Crippen molar-refractivity contribution in [2.75, 3.05) is 7.11 Å². The third-order valence-corrected chi connectivity index (χ3v) is 7.65. The fraction of sp³-hybridized carbons (Fsp3) is 0.458. The Kier molecular flexibility index (Phi) is 4.88. The van der Waals surface area contributed by atoms with Gasteiger partial charge in [0, 0.05) is 12.3 Å². The molecule has 1 N–H and O–H groups in total. The number of rotatable bonds is 5. The maximum Gasteiger partial charge on any atom is 0.294 e. The SMILES string of the molecule is COc1cc(-c2ccc(-c3nnc(O[C@H]4C[C@]5(C)CC[C@](C)(C4)C5)s3)c(O)c2)ccn1. The summed E-state index contributed by atoms with van der Waals surface area (Å²) in [6, 6.07) is 9.26. The van der Waals surface area contributed by atoms with Gasteiger partial charge >= 0.3 is 0 Å². The van der Waals surface area contributed by atoms with Gasteiger partial charge in [-0.25, -0.2) is 4.98 Å². The van der Waals surface area contributed by atoms with Crippen molar-refractivity contribution in [1.29, 1.82) is 0 Å². The van der Waals surface area contributed by atoms with E-state index in [0.717, 1.165) is 24.0 Å². The lowest BCUT2D eigenvalue weighted by molar-refractivity contribution is 0.0429. The highest BCUT2D eigenvalue weighted by molar-refractivity contribution is 7.16. The van der Waals surface area contributed by atoms with Gasteiger partial charge in [0.15, 0.2) is 5.01 Å². The molecule has 2 fully saturated rings. The lowest BCUT2D eigenvalue weighted by Crippen LogP contribution is -2.35. The molecule has 1 aromatic carbocycles. The molecule has 31 heavy (non-hydrogen) atoms. The molecule has 5 rings (SSSR count). The van der Waals surface area contributed by atoms with Crippen LogP contribution in [0.5, 0.6) is 16.8 Å². The predicted octanol–water partition coefficient (Wildman–Crippen LogP) is 5.72. The maximum absolute atomic E-state index is 10.7. The second kappa shape index (κ2) is 7.48. The number of ether oxygens (including phenoxy) is 2. The van der Waals surface area contributed by atoms with E-state index < -0.39 is 0 Å². The van der Waals surface area contributed by atoms with Crippen molar-refractivity contribution in [2.24, 2.45) is 10.8 Å². The highest BCUT2D eigenvalue weighted by Gasteiger charge is 2.49. The number of benzene rings is 1.